The van der Waals surface area contributed by atoms with Gasteiger partial charge in [-0.15, -0.1) is 23.1 Å². The zero-order valence-electron chi connectivity index (χ0n) is 23.7. The van der Waals surface area contributed by atoms with Gasteiger partial charge < -0.3 is 9.84 Å². The van der Waals surface area contributed by atoms with E-state index >= 15 is 0 Å². The molecule has 1 aromatic heterocycles. The van der Waals surface area contributed by atoms with Crippen LogP contribution in [0.2, 0.25) is 0 Å². The predicted octanol–water partition coefficient (Wildman–Crippen LogP) is 8.09. The Morgan fingerprint density at radius 1 is 1.26 bits per heavy atom. The molecule has 1 heterocycles. The van der Waals surface area contributed by atoms with Gasteiger partial charge in [0, 0.05) is 21.8 Å². The van der Waals surface area contributed by atoms with Crippen LogP contribution < -0.4 is 0 Å². The number of thioether (sulfide) groups is 1. The Labute approximate surface area is 223 Å². The number of aliphatic hydroxyl groups is 1. The van der Waals surface area contributed by atoms with Gasteiger partial charge in [-0.2, -0.15) is 0 Å². The van der Waals surface area contributed by atoms with Crippen molar-refractivity contribution in [2.24, 2.45) is 17.8 Å². The number of methoxy groups -OCH3 is 1. The van der Waals surface area contributed by atoms with Gasteiger partial charge in [-0.05, 0) is 70.3 Å². The summed E-state index contributed by atoms with van der Waals surface area (Å²) in [4.78, 5) is 16.2. The molecule has 0 saturated heterocycles. The number of hydrogen-bond donors (Lipinski definition) is 1. The summed E-state index contributed by atoms with van der Waals surface area (Å²) in [5.41, 5.74) is 3.86. The number of allylic oxidation sites excluding steroid dienone is 3. The number of nitrogens with zero attached hydrogens (tertiary/aromatic N) is 1. The first-order valence-electron chi connectivity index (χ1n) is 12.9. The molecule has 0 aromatic carbocycles. The SMILES string of the molecule is COC(=O)CC(C)C(C)(C)SC(C)C(O)C(C)CCC/C(C)=C\CC(C)/C(C)=C/c1csc(C)n1. The first-order chi connectivity index (χ1) is 16.3. The van der Waals surface area contributed by atoms with E-state index in [4.69, 9.17) is 4.74 Å². The van der Waals surface area contributed by atoms with Gasteiger partial charge in [-0.1, -0.05) is 58.8 Å². The summed E-state index contributed by atoms with van der Waals surface area (Å²) in [6, 6.07) is 0. The van der Waals surface area contributed by atoms with E-state index in [-0.39, 0.29) is 33.9 Å². The Morgan fingerprint density at radius 3 is 2.49 bits per heavy atom. The second-order valence-electron chi connectivity index (χ2n) is 10.8. The third-order valence-corrected chi connectivity index (χ3v) is 9.73. The maximum absolute atomic E-state index is 11.7. The van der Waals surface area contributed by atoms with Crippen molar-refractivity contribution in [1.29, 1.82) is 0 Å². The largest absolute Gasteiger partial charge is 0.469 e. The molecule has 1 rings (SSSR count). The molecule has 5 unspecified atom stereocenters. The summed E-state index contributed by atoms with van der Waals surface area (Å²) in [5, 5.41) is 14.3. The number of aryl methyl sites for hydroxylation is 1. The molecule has 0 spiro atoms. The molecule has 0 aliphatic rings. The summed E-state index contributed by atoms with van der Waals surface area (Å²) in [7, 11) is 1.43. The molecule has 0 radical (unpaired) electrons. The Balaban J connectivity index is 2.46. The van der Waals surface area contributed by atoms with Crippen LogP contribution in [0.1, 0.15) is 98.2 Å². The topological polar surface area (TPSA) is 59.4 Å². The number of rotatable bonds is 15. The molecule has 200 valence electrons. The minimum absolute atomic E-state index is 0.105. The van der Waals surface area contributed by atoms with Crippen molar-refractivity contribution in [2.45, 2.75) is 111 Å². The van der Waals surface area contributed by atoms with E-state index in [0.29, 0.717) is 12.3 Å². The molecular formula is C29H49NO3S2. The quantitative estimate of drug-likeness (QED) is 0.186. The zero-order chi connectivity index (χ0) is 26.8. The number of esters is 1. The van der Waals surface area contributed by atoms with Crippen LogP contribution in [0.4, 0.5) is 0 Å². The molecule has 0 aliphatic carbocycles. The minimum atomic E-state index is -0.365. The molecule has 0 bridgehead atoms. The highest BCUT2D eigenvalue weighted by molar-refractivity contribution is 8.01. The van der Waals surface area contributed by atoms with Crippen LogP contribution in [0, 0.1) is 24.7 Å². The van der Waals surface area contributed by atoms with Gasteiger partial charge in [0.05, 0.1) is 23.9 Å². The van der Waals surface area contributed by atoms with E-state index < -0.39 is 0 Å². The molecule has 6 heteroatoms. The normalized spacial score (nSPS) is 17.6. The van der Waals surface area contributed by atoms with E-state index in [0.717, 1.165) is 36.4 Å². The molecule has 0 amide bonds. The molecule has 0 fully saturated rings. The smallest absolute Gasteiger partial charge is 0.305 e. The average molecular weight is 524 g/mol. The van der Waals surface area contributed by atoms with Gasteiger partial charge in [0.15, 0.2) is 0 Å². The first kappa shape index (κ1) is 31.9. The number of thiazole rings is 1. The summed E-state index contributed by atoms with van der Waals surface area (Å²) < 4.78 is 4.71. The molecule has 5 atom stereocenters. The minimum Gasteiger partial charge on any atom is -0.469 e. The van der Waals surface area contributed by atoms with E-state index in [2.05, 4.69) is 77.9 Å². The van der Waals surface area contributed by atoms with Gasteiger partial charge in [0.2, 0.25) is 0 Å². The fourth-order valence-corrected chi connectivity index (χ4v) is 6.32. The molecule has 35 heavy (non-hydrogen) atoms. The molecule has 0 saturated carbocycles. The Morgan fingerprint density at radius 2 is 1.91 bits per heavy atom. The third kappa shape index (κ3) is 11.7. The Kier molecular flexibility index (Phi) is 13.9. The molecule has 0 aliphatic heterocycles. The number of aromatic nitrogens is 1. The highest BCUT2D eigenvalue weighted by atomic mass is 32.2. The molecular weight excluding hydrogens is 474 g/mol. The predicted molar refractivity (Wildman–Crippen MR) is 154 cm³/mol. The number of carbonyl (C=O) groups excluding carboxylic acids is 1. The average Bonchev–Trinajstić information content (AvgIpc) is 3.20. The van der Waals surface area contributed by atoms with Gasteiger partial charge in [0.25, 0.3) is 0 Å². The van der Waals surface area contributed by atoms with Crippen molar-refractivity contribution in [1.82, 2.24) is 4.98 Å². The van der Waals surface area contributed by atoms with Crippen molar-refractivity contribution in [3.63, 3.8) is 0 Å². The van der Waals surface area contributed by atoms with Gasteiger partial charge >= 0.3 is 5.97 Å². The fourth-order valence-electron chi connectivity index (χ4n) is 4.07. The third-order valence-electron chi connectivity index (χ3n) is 7.28. The monoisotopic (exact) mass is 523 g/mol. The lowest BCUT2D eigenvalue weighted by molar-refractivity contribution is -0.141. The summed E-state index contributed by atoms with van der Waals surface area (Å²) >= 11 is 3.47. The lowest BCUT2D eigenvalue weighted by atomic mass is 9.93. The van der Waals surface area contributed by atoms with E-state index in [1.54, 1.807) is 23.1 Å². The number of ether oxygens (including phenoxy) is 1. The Bertz CT molecular complexity index is 843. The standard InChI is InChI=1S/C29H49NO3S2/c1-19(14-15-20(2)22(4)16-26-18-34-25(7)30-26)12-11-13-21(3)28(32)24(6)35-29(8,9)23(5)17-27(31)33-10/h14,16,18,20-21,23-24,28,32H,11-13,15,17H2,1-10H3/b19-14-,22-16+. The summed E-state index contributed by atoms with van der Waals surface area (Å²) in [6.45, 7) is 19.4. The van der Waals surface area contributed by atoms with Crippen molar-refractivity contribution >= 4 is 35.1 Å². The van der Waals surface area contributed by atoms with E-state index in [1.807, 2.05) is 6.92 Å². The molecule has 1 N–H and O–H groups in total. The Hall–Kier alpha value is -1.11. The van der Waals surface area contributed by atoms with Gasteiger partial charge in [-0.25, -0.2) is 4.98 Å². The number of aliphatic hydroxyl groups excluding tert-OH is 1. The van der Waals surface area contributed by atoms with Crippen molar-refractivity contribution in [2.75, 3.05) is 7.11 Å². The van der Waals surface area contributed by atoms with Crippen LogP contribution in [0.25, 0.3) is 6.08 Å². The zero-order valence-corrected chi connectivity index (χ0v) is 25.3. The van der Waals surface area contributed by atoms with Gasteiger partial charge in [-0.3, -0.25) is 4.79 Å². The van der Waals surface area contributed by atoms with E-state index in [1.165, 1.54) is 18.3 Å². The molecule has 1 aromatic rings. The van der Waals surface area contributed by atoms with Gasteiger partial charge in [0.1, 0.15) is 0 Å². The van der Waals surface area contributed by atoms with Crippen molar-refractivity contribution < 1.29 is 14.6 Å². The summed E-state index contributed by atoms with van der Waals surface area (Å²) in [5.74, 6) is 0.730. The maximum atomic E-state index is 11.7. The van der Waals surface area contributed by atoms with Crippen LogP contribution >= 0.6 is 23.1 Å². The lowest BCUT2D eigenvalue weighted by Crippen LogP contribution is -2.35. The maximum Gasteiger partial charge on any atom is 0.305 e. The lowest BCUT2D eigenvalue weighted by Gasteiger charge is -2.36. The molecule has 4 nitrogen and oxygen atoms in total. The second-order valence-corrected chi connectivity index (χ2v) is 13.9. The fraction of sp³-hybridized carbons (Fsp3) is 0.724. The van der Waals surface area contributed by atoms with Crippen LogP contribution in [0.5, 0.6) is 0 Å². The van der Waals surface area contributed by atoms with Crippen LogP contribution in [0.3, 0.4) is 0 Å². The number of carbonyl (C=O) groups is 1. The highest BCUT2D eigenvalue weighted by Gasteiger charge is 2.33. The van der Waals surface area contributed by atoms with E-state index in [9.17, 15) is 9.90 Å². The highest BCUT2D eigenvalue weighted by Crippen LogP contribution is 2.39. The summed E-state index contributed by atoms with van der Waals surface area (Å²) in [6.07, 6.45) is 8.82. The van der Waals surface area contributed by atoms with Crippen LogP contribution in [0.15, 0.2) is 22.6 Å². The van der Waals surface area contributed by atoms with Crippen molar-refractivity contribution in [3.8, 4) is 0 Å². The number of hydrogen-bond acceptors (Lipinski definition) is 6. The van der Waals surface area contributed by atoms with Crippen LogP contribution in [-0.4, -0.2) is 39.3 Å². The van der Waals surface area contributed by atoms with Crippen LogP contribution in [-0.2, 0) is 9.53 Å². The second kappa shape index (κ2) is 15.2. The first-order valence-corrected chi connectivity index (χ1v) is 14.7. The van der Waals surface area contributed by atoms with Crippen molar-refractivity contribution in [3.05, 3.63) is 33.3 Å².